The Morgan fingerprint density at radius 1 is 1.18 bits per heavy atom. The number of carboxylic acid groups (broad SMARTS) is 1. The van der Waals surface area contributed by atoms with Gasteiger partial charge in [0.25, 0.3) is 5.91 Å². The Bertz CT molecular complexity index is 869. The molecule has 3 fully saturated rings. The molecule has 3 saturated heterocycles. The molecule has 2 amide bonds. The molecule has 28 heavy (non-hydrogen) atoms. The number of hydrogen-bond acceptors (Lipinski definition) is 6. The Morgan fingerprint density at radius 3 is 2.36 bits per heavy atom. The third-order valence-electron chi connectivity index (χ3n) is 5.92. The molecule has 0 saturated carbocycles. The second-order valence-corrected chi connectivity index (χ2v) is 10.4. The van der Waals surface area contributed by atoms with E-state index in [9.17, 15) is 24.6 Å². The largest absolute Gasteiger partial charge is 0.508 e. The van der Waals surface area contributed by atoms with E-state index in [0.717, 1.165) is 5.56 Å². The summed E-state index contributed by atoms with van der Waals surface area (Å²) in [5.41, 5.74) is 0.0234. The minimum absolute atomic E-state index is 0.117. The van der Waals surface area contributed by atoms with Crippen LogP contribution < -0.4 is 10.2 Å². The van der Waals surface area contributed by atoms with Gasteiger partial charge in [0, 0.05) is 18.6 Å². The lowest BCUT2D eigenvalue weighted by Gasteiger charge is -2.46. The lowest BCUT2D eigenvalue weighted by atomic mass is 9.94. The van der Waals surface area contributed by atoms with E-state index < -0.39 is 34.5 Å². The summed E-state index contributed by atoms with van der Waals surface area (Å²) in [5, 5.41) is 22.1. The molecule has 8 nitrogen and oxygen atoms in total. The Kier molecular flexibility index (Phi) is 4.08. The summed E-state index contributed by atoms with van der Waals surface area (Å²) < 4.78 is -0.628. The molecule has 0 spiro atoms. The van der Waals surface area contributed by atoms with Crippen molar-refractivity contribution in [3.05, 3.63) is 29.8 Å². The van der Waals surface area contributed by atoms with Gasteiger partial charge in [-0.05, 0) is 31.5 Å². The third-order valence-corrected chi connectivity index (χ3v) is 7.49. The first-order valence-corrected chi connectivity index (χ1v) is 10.0. The molecule has 1 aromatic carbocycles. The van der Waals surface area contributed by atoms with Crippen molar-refractivity contribution in [3.8, 4) is 5.75 Å². The van der Waals surface area contributed by atoms with Crippen LogP contribution in [0, 0.1) is 0 Å². The quantitative estimate of drug-likeness (QED) is 0.510. The molecule has 9 heteroatoms. The van der Waals surface area contributed by atoms with E-state index in [-0.39, 0.29) is 22.9 Å². The van der Waals surface area contributed by atoms with Crippen LogP contribution in [0.2, 0.25) is 0 Å². The summed E-state index contributed by atoms with van der Waals surface area (Å²) in [4.78, 5) is 39.9. The first-order chi connectivity index (χ1) is 13.0. The SMILES string of the molecule is CC1(C)S[C@@H]2[C@H]([NH+]3C(=O)C(c4ccc(O)cc4)NC3(C)C)C(=O)N2[C@H]1C(=O)O. The summed E-state index contributed by atoms with van der Waals surface area (Å²) in [6.07, 6.45) is 0. The zero-order chi connectivity index (χ0) is 20.6. The van der Waals surface area contributed by atoms with E-state index in [1.165, 1.54) is 28.8 Å². The van der Waals surface area contributed by atoms with Crippen molar-refractivity contribution in [3.63, 3.8) is 0 Å². The number of carboxylic acids is 1. The van der Waals surface area contributed by atoms with Crippen LogP contribution in [-0.2, 0) is 14.4 Å². The number of phenolic OH excluding ortho intramolecular Hbond substituents is 1. The molecule has 3 heterocycles. The molecule has 3 aliphatic heterocycles. The van der Waals surface area contributed by atoms with E-state index in [1.54, 1.807) is 12.1 Å². The molecule has 3 aliphatic rings. The lowest BCUT2D eigenvalue weighted by molar-refractivity contribution is -0.888. The average molecular weight is 406 g/mol. The van der Waals surface area contributed by atoms with E-state index in [0.29, 0.717) is 4.90 Å². The van der Waals surface area contributed by atoms with Crippen LogP contribution in [0.4, 0.5) is 0 Å². The highest BCUT2D eigenvalue weighted by Gasteiger charge is 2.71. The number of amides is 2. The highest BCUT2D eigenvalue weighted by Crippen LogP contribution is 2.50. The van der Waals surface area contributed by atoms with Gasteiger partial charge in [-0.3, -0.25) is 4.79 Å². The molecular formula is C19H24N3O5S+. The van der Waals surface area contributed by atoms with Crippen molar-refractivity contribution < 1.29 is 29.5 Å². The van der Waals surface area contributed by atoms with Gasteiger partial charge in [-0.1, -0.05) is 12.1 Å². The second-order valence-electron chi connectivity index (χ2n) is 8.65. The van der Waals surface area contributed by atoms with Gasteiger partial charge in [-0.15, -0.1) is 11.8 Å². The number of hydrogen-bond donors (Lipinski definition) is 4. The molecule has 4 N–H and O–H groups in total. The van der Waals surface area contributed by atoms with Crippen molar-refractivity contribution in [1.29, 1.82) is 0 Å². The summed E-state index contributed by atoms with van der Waals surface area (Å²) in [7, 11) is 0. The van der Waals surface area contributed by atoms with Crippen molar-refractivity contribution in [1.82, 2.24) is 10.2 Å². The summed E-state index contributed by atoms with van der Waals surface area (Å²) in [6.45, 7) is 7.39. The number of carbonyl (C=O) groups is 3. The molecule has 0 aliphatic carbocycles. The molecule has 0 aromatic heterocycles. The Morgan fingerprint density at radius 2 is 1.79 bits per heavy atom. The maximum absolute atomic E-state index is 13.3. The number of nitrogens with zero attached hydrogens (tertiary/aromatic N) is 1. The summed E-state index contributed by atoms with van der Waals surface area (Å²) in [5.74, 6) is -1.34. The van der Waals surface area contributed by atoms with Crippen LogP contribution in [0.15, 0.2) is 24.3 Å². The number of aliphatic carboxylic acids is 1. The Labute approximate surface area is 166 Å². The summed E-state index contributed by atoms with van der Waals surface area (Å²) >= 11 is 1.44. The van der Waals surface area contributed by atoms with Crippen LogP contribution in [-0.4, -0.2) is 60.8 Å². The van der Waals surface area contributed by atoms with Crippen LogP contribution in [0.1, 0.15) is 39.3 Å². The molecule has 0 radical (unpaired) electrons. The second kappa shape index (κ2) is 5.95. The van der Waals surface area contributed by atoms with E-state index in [1.807, 2.05) is 27.7 Å². The molecule has 150 valence electrons. The van der Waals surface area contributed by atoms with Gasteiger partial charge in [0.05, 0.1) is 0 Å². The summed E-state index contributed by atoms with van der Waals surface area (Å²) in [6, 6.07) is 4.32. The topological polar surface area (TPSA) is 111 Å². The van der Waals surface area contributed by atoms with Gasteiger partial charge in [-0.2, -0.15) is 0 Å². The van der Waals surface area contributed by atoms with Crippen molar-refractivity contribution in [2.45, 2.75) is 61.6 Å². The third kappa shape index (κ3) is 2.57. The average Bonchev–Trinajstić information content (AvgIpc) is 2.98. The van der Waals surface area contributed by atoms with Crippen molar-refractivity contribution in [2.75, 3.05) is 0 Å². The number of aromatic hydroxyl groups is 1. The lowest BCUT2D eigenvalue weighted by Crippen LogP contribution is -3.27. The number of nitrogens with one attached hydrogen (secondary N) is 2. The molecule has 2 unspecified atom stereocenters. The Balaban J connectivity index is 1.64. The normalized spacial score (nSPS) is 35.6. The molecule has 1 aromatic rings. The van der Waals surface area contributed by atoms with Crippen LogP contribution in [0.5, 0.6) is 5.75 Å². The van der Waals surface area contributed by atoms with Gasteiger partial charge < -0.3 is 15.1 Å². The van der Waals surface area contributed by atoms with Gasteiger partial charge in [-0.25, -0.2) is 19.8 Å². The van der Waals surface area contributed by atoms with Gasteiger partial charge in [0.2, 0.25) is 6.04 Å². The number of quaternary nitrogens is 1. The van der Waals surface area contributed by atoms with Crippen LogP contribution in [0.25, 0.3) is 0 Å². The van der Waals surface area contributed by atoms with Crippen LogP contribution in [0.3, 0.4) is 0 Å². The van der Waals surface area contributed by atoms with Crippen molar-refractivity contribution in [2.24, 2.45) is 0 Å². The zero-order valence-electron chi connectivity index (χ0n) is 16.1. The monoisotopic (exact) mass is 406 g/mol. The van der Waals surface area contributed by atoms with E-state index in [4.69, 9.17) is 0 Å². The minimum Gasteiger partial charge on any atom is -0.508 e. The molecule has 5 atom stereocenters. The predicted octanol–water partition coefficient (Wildman–Crippen LogP) is -0.300. The van der Waals surface area contributed by atoms with Gasteiger partial charge in [0.15, 0.2) is 11.7 Å². The van der Waals surface area contributed by atoms with Gasteiger partial charge >= 0.3 is 11.9 Å². The zero-order valence-corrected chi connectivity index (χ0v) is 16.9. The smallest absolute Gasteiger partial charge is 0.336 e. The number of fused-ring (bicyclic) bond motifs is 1. The fourth-order valence-electron chi connectivity index (χ4n) is 4.69. The fraction of sp³-hybridized carbons (Fsp3) is 0.526. The minimum atomic E-state index is -1.02. The highest BCUT2D eigenvalue weighted by atomic mass is 32.2. The molecule has 0 bridgehead atoms. The Hall–Kier alpha value is -2.10. The van der Waals surface area contributed by atoms with Gasteiger partial charge in [0.1, 0.15) is 17.2 Å². The maximum atomic E-state index is 13.3. The van der Waals surface area contributed by atoms with E-state index >= 15 is 0 Å². The number of carbonyl (C=O) groups excluding carboxylic acids is 2. The van der Waals surface area contributed by atoms with Crippen LogP contribution >= 0.6 is 11.8 Å². The molecular weight excluding hydrogens is 382 g/mol. The fourth-order valence-corrected chi connectivity index (χ4v) is 6.38. The first-order valence-electron chi connectivity index (χ1n) is 9.16. The molecule has 4 rings (SSSR count). The number of benzene rings is 1. The number of phenols is 1. The highest BCUT2D eigenvalue weighted by molar-refractivity contribution is 8.01. The van der Waals surface area contributed by atoms with E-state index in [2.05, 4.69) is 5.32 Å². The number of rotatable bonds is 3. The predicted molar refractivity (Wildman–Crippen MR) is 102 cm³/mol. The first kappa shape index (κ1) is 19.2. The number of β-lactam (4-membered cyclic amide) rings is 1. The number of thioether (sulfide) groups is 1. The van der Waals surface area contributed by atoms with Crippen molar-refractivity contribution >= 4 is 29.5 Å². The standard InChI is InChI=1S/C19H23N3O5S/c1-18(2)13(17(26)27)21-15(25)12(16(21)28-18)22-14(24)11(20-19(22,3)4)9-5-7-10(23)8-6-9/h5-8,11-13,16,20,23H,1-4H3,(H,26,27)/p+1/t11?,12-,13+,16-/m1/s1. The maximum Gasteiger partial charge on any atom is 0.336 e.